The van der Waals surface area contributed by atoms with Crippen molar-refractivity contribution in [1.29, 1.82) is 0 Å². The van der Waals surface area contributed by atoms with Crippen LogP contribution in [0.3, 0.4) is 0 Å². The molecular formula is C13H17ClN4. The first-order valence-corrected chi connectivity index (χ1v) is 6.16. The summed E-state index contributed by atoms with van der Waals surface area (Å²) in [4.78, 5) is 0. The molecule has 0 unspecified atom stereocenters. The van der Waals surface area contributed by atoms with Gasteiger partial charge >= 0.3 is 0 Å². The zero-order chi connectivity index (χ0) is 13.5. The van der Waals surface area contributed by atoms with E-state index < -0.39 is 0 Å². The molecule has 0 saturated carbocycles. The molecule has 0 atom stereocenters. The van der Waals surface area contributed by atoms with Crippen LogP contribution >= 0.6 is 11.6 Å². The minimum atomic E-state index is -0.152. The number of nitrogens with zero attached hydrogens (tertiary/aromatic N) is 3. The molecule has 0 aliphatic heterocycles. The van der Waals surface area contributed by atoms with Crippen LogP contribution in [0.15, 0.2) is 18.2 Å². The fourth-order valence-electron chi connectivity index (χ4n) is 1.95. The second-order valence-electron chi connectivity index (χ2n) is 5.44. The summed E-state index contributed by atoms with van der Waals surface area (Å²) in [7, 11) is 0. The van der Waals surface area contributed by atoms with Crippen molar-refractivity contribution >= 4 is 17.4 Å². The van der Waals surface area contributed by atoms with Gasteiger partial charge in [-0.15, -0.1) is 5.10 Å². The van der Waals surface area contributed by atoms with Crippen LogP contribution in [0.5, 0.6) is 0 Å². The molecule has 0 fully saturated rings. The van der Waals surface area contributed by atoms with Crippen LogP contribution in [0.25, 0.3) is 5.69 Å². The standard InChI is InChI=1S/C13H17ClN4/c1-8-5-6-9(14)10(7-8)18-11(13(2,3)4)12(15)16-17-18/h5-7H,15H2,1-4H3. The highest BCUT2D eigenvalue weighted by atomic mass is 35.5. The van der Waals surface area contributed by atoms with E-state index in [-0.39, 0.29) is 5.41 Å². The number of hydrogen-bond acceptors (Lipinski definition) is 3. The molecule has 1 heterocycles. The van der Waals surface area contributed by atoms with E-state index in [1.165, 1.54) is 0 Å². The smallest absolute Gasteiger partial charge is 0.170 e. The summed E-state index contributed by atoms with van der Waals surface area (Å²) in [6.07, 6.45) is 0. The summed E-state index contributed by atoms with van der Waals surface area (Å²) in [6, 6.07) is 5.80. The van der Waals surface area contributed by atoms with Gasteiger partial charge in [0.15, 0.2) is 5.82 Å². The summed E-state index contributed by atoms with van der Waals surface area (Å²) in [6.45, 7) is 8.23. The van der Waals surface area contributed by atoms with E-state index in [1.54, 1.807) is 4.68 Å². The Hall–Kier alpha value is -1.55. The third-order valence-corrected chi connectivity index (χ3v) is 3.06. The van der Waals surface area contributed by atoms with E-state index >= 15 is 0 Å². The van der Waals surface area contributed by atoms with Gasteiger partial charge in [0.1, 0.15) is 0 Å². The highest BCUT2D eigenvalue weighted by Crippen LogP contribution is 2.31. The van der Waals surface area contributed by atoms with Gasteiger partial charge in [-0.3, -0.25) is 0 Å². The van der Waals surface area contributed by atoms with Gasteiger partial charge in [-0.1, -0.05) is 43.7 Å². The van der Waals surface area contributed by atoms with Crippen LogP contribution in [-0.4, -0.2) is 15.0 Å². The van der Waals surface area contributed by atoms with Crippen molar-refractivity contribution in [2.75, 3.05) is 5.73 Å². The SMILES string of the molecule is Cc1ccc(Cl)c(-n2nnc(N)c2C(C)(C)C)c1. The lowest BCUT2D eigenvalue weighted by molar-refractivity contribution is 0.544. The van der Waals surface area contributed by atoms with Crippen LogP contribution in [0, 0.1) is 6.92 Å². The first kappa shape index (κ1) is 12.9. The molecule has 0 radical (unpaired) electrons. The topological polar surface area (TPSA) is 56.7 Å². The second-order valence-corrected chi connectivity index (χ2v) is 5.85. The Labute approximate surface area is 112 Å². The van der Waals surface area contributed by atoms with Gasteiger partial charge in [0.25, 0.3) is 0 Å². The summed E-state index contributed by atoms with van der Waals surface area (Å²) in [5.41, 5.74) is 8.56. The largest absolute Gasteiger partial charge is 0.381 e. The molecule has 0 amide bonds. The minimum absolute atomic E-state index is 0.152. The summed E-state index contributed by atoms with van der Waals surface area (Å²) in [5, 5.41) is 8.71. The normalized spacial score (nSPS) is 11.8. The number of anilines is 1. The minimum Gasteiger partial charge on any atom is -0.381 e. The van der Waals surface area contributed by atoms with Crippen LogP contribution in [0.4, 0.5) is 5.82 Å². The average Bonchev–Trinajstić information content (AvgIpc) is 2.63. The molecule has 0 spiro atoms. The van der Waals surface area contributed by atoms with Gasteiger partial charge < -0.3 is 5.73 Å². The Kier molecular flexibility index (Phi) is 3.07. The zero-order valence-corrected chi connectivity index (χ0v) is 11.8. The second kappa shape index (κ2) is 4.28. The van der Waals surface area contributed by atoms with Crippen molar-refractivity contribution in [3.63, 3.8) is 0 Å². The third kappa shape index (κ3) is 2.20. The molecule has 5 heteroatoms. The Morgan fingerprint density at radius 3 is 2.56 bits per heavy atom. The van der Waals surface area contributed by atoms with Crippen LogP contribution in [0.2, 0.25) is 5.02 Å². The van der Waals surface area contributed by atoms with Crippen LogP contribution < -0.4 is 5.73 Å². The number of nitrogen functional groups attached to an aromatic ring is 1. The fourth-order valence-corrected chi connectivity index (χ4v) is 2.15. The summed E-state index contributed by atoms with van der Waals surface area (Å²) < 4.78 is 1.73. The number of nitrogens with two attached hydrogens (primary N) is 1. The molecule has 2 rings (SSSR count). The maximum atomic E-state index is 6.23. The van der Waals surface area contributed by atoms with Crippen molar-refractivity contribution in [3.05, 3.63) is 34.5 Å². The van der Waals surface area contributed by atoms with Crippen molar-refractivity contribution in [1.82, 2.24) is 15.0 Å². The van der Waals surface area contributed by atoms with Crippen molar-refractivity contribution < 1.29 is 0 Å². The molecule has 2 aromatic rings. The van der Waals surface area contributed by atoms with Crippen molar-refractivity contribution in [2.45, 2.75) is 33.1 Å². The predicted octanol–water partition coefficient (Wildman–Crippen LogP) is 3.11. The van der Waals surface area contributed by atoms with Gasteiger partial charge in [-0.2, -0.15) is 0 Å². The molecule has 2 N–H and O–H groups in total. The van der Waals surface area contributed by atoms with Gasteiger partial charge in [-0.25, -0.2) is 4.68 Å². The van der Waals surface area contributed by atoms with Gasteiger partial charge in [0.05, 0.1) is 16.4 Å². The number of benzene rings is 1. The fraction of sp³-hybridized carbons (Fsp3) is 0.385. The summed E-state index contributed by atoms with van der Waals surface area (Å²) in [5.74, 6) is 0.445. The lowest BCUT2D eigenvalue weighted by Gasteiger charge is -2.20. The van der Waals surface area contributed by atoms with Gasteiger partial charge in [-0.05, 0) is 24.6 Å². The van der Waals surface area contributed by atoms with E-state index in [1.807, 2.05) is 25.1 Å². The molecule has 0 saturated heterocycles. The highest BCUT2D eigenvalue weighted by molar-refractivity contribution is 6.32. The molecule has 96 valence electrons. The van der Waals surface area contributed by atoms with E-state index in [2.05, 4.69) is 31.1 Å². The quantitative estimate of drug-likeness (QED) is 0.861. The Bertz CT molecular complexity index is 581. The molecule has 1 aromatic carbocycles. The number of halogens is 1. The highest BCUT2D eigenvalue weighted by Gasteiger charge is 2.25. The van der Waals surface area contributed by atoms with E-state index in [0.717, 1.165) is 16.9 Å². The number of rotatable bonds is 1. The number of aryl methyl sites for hydroxylation is 1. The van der Waals surface area contributed by atoms with Gasteiger partial charge in [0.2, 0.25) is 0 Å². The molecular weight excluding hydrogens is 248 g/mol. The Morgan fingerprint density at radius 1 is 1.28 bits per heavy atom. The van der Waals surface area contributed by atoms with E-state index in [9.17, 15) is 0 Å². The first-order chi connectivity index (χ1) is 8.30. The summed E-state index contributed by atoms with van der Waals surface area (Å²) >= 11 is 6.23. The lowest BCUT2D eigenvalue weighted by Crippen LogP contribution is -2.19. The van der Waals surface area contributed by atoms with E-state index in [0.29, 0.717) is 10.8 Å². The zero-order valence-electron chi connectivity index (χ0n) is 11.0. The Balaban J connectivity index is 2.69. The number of hydrogen-bond donors (Lipinski definition) is 1. The first-order valence-electron chi connectivity index (χ1n) is 5.79. The molecule has 0 aliphatic carbocycles. The molecule has 18 heavy (non-hydrogen) atoms. The number of aromatic nitrogens is 3. The third-order valence-electron chi connectivity index (χ3n) is 2.74. The van der Waals surface area contributed by atoms with Crippen LogP contribution in [-0.2, 0) is 5.41 Å². The molecule has 0 aliphatic rings. The molecule has 1 aromatic heterocycles. The van der Waals surface area contributed by atoms with Crippen molar-refractivity contribution in [2.24, 2.45) is 0 Å². The maximum Gasteiger partial charge on any atom is 0.170 e. The van der Waals surface area contributed by atoms with Crippen molar-refractivity contribution in [3.8, 4) is 5.69 Å². The van der Waals surface area contributed by atoms with Crippen LogP contribution in [0.1, 0.15) is 32.0 Å². The van der Waals surface area contributed by atoms with Gasteiger partial charge in [0, 0.05) is 5.41 Å². The average molecular weight is 265 g/mol. The maximum absolute atomic E-state index is 6.23. The molecule has 0 bridgehead atoms. The van der Waals surface area contributed by atoms with E-state index in [4.69, 9.17) is 17.3 Å². The Morgan fingerprint density at radius 2 is 1.94 bits per heavy atom. The lowest BCUT2D eigenvalue weighted by atomic mass is 9.91. The monoisotopic (exact) mass is 264 g/mol. The predicted molar refractivity (Wildman–Crippen MR) is 74.2 cm³/mol. The molecule has 4 nitrogen and oxygen atoms in total.